The van der Waals surface area contributed by atoms with Crippen LogP contribution in [0.1, 0.15) is 5.56 Å². The maximum Gasteiger partial charge on any atom is 0.331 e. The first-order valence-electron chi connectivity index (χ1n) is 7.12. The van der Waals surface area contributed by atoms with Crippen LogP contribution in [-0.4, -0.2) is 24.7 Å². The van der Waals surface area contributed by atoms with Crippen LogP contribution in [0.15, 0.2) is 59.5 Å². The van der Waals surface area contributed by atoms with E-state index in [1.54, 1.807) is 24.3 Å². The summed E-state index contributed by atoms with van der Waals surface area (Å²) in [6.45, 7) is -0.414. The summed E-state index contributed by atoms with van der Waals surface area (Å²) >= 11 is 1.50. The fourth-order valence-corrected chi connectivity index (χ4v) is 2.44. The minimum atomic E-state index is -0.716. The Labute approximate surface area is 143 Å². The number of benzene rings is 2. The third-order valence-electron chi connectivity index (χ3n) is 3.03. The van der Waals surface area contributed by atoms with Gasteiger partial charge in [0, 0.05) is 16.5 Å². The van der Waals surface area contributed by atoms with Gasteiger partial charge in [0.05, 0.1) is 5.69 Å². The van der Waals surface area contributed by atoms with Crippen molar-refractivity contribution in [3.63, 3.8) is 0 Å². The lowest BCUT2D eigenvalue weighted by molar-refractivity contribution is -0.142. The Morgan fingerprint density at radius 2 is 1.88 bits per heavy atom. The van der Waals surface area contributed by atoms with E-state index in [9.17, 15) is 14.0 Å². The largest absolute Gasteiger partial charge is 0.452 e. The summed E-state index contributed by atoms with van der Waals surface area (Å²) in [6, 6.07) is 13.4. The molecule has 0 saturated heterocycles. The van der Waals surface area contributed by atoms with Gasteiger partial charge in [-0.3, -0.25) is 4.79 Å². The van der Waals surface area contributed by atoms with E-state index < -0.39 is 24.3 Å². The van der Waals surface area contributed by atoms with Crippen LogP contribution in [0.3, 0.4) is 0 Å². The van der Waals surface area contributed by atoms with Gasteiger partial charge in [-0.25, -0.2) is 9.18 Å². The Morgan fingerprint density at radius 3 is 2.62 bits per heavy atom. The van der Waals surface area contributed by atoms with Crippen LogP contribution >= 0.6 is 11.8 Å². The van der Waals surface area contributed by atoms with Crippen LogP contribution in [0.4, 0.5) is 10.1 Å². The minimum Gasteiger partial charge on any atom is -0.452 e. The number of esters is 1. The van der Waals surface area contributed by atoms with Crippen LogP contribution < -0.4 is 5.32 Å². The predicted molar refractivity (Wildman–Crippen MR) is 93.2 cm³/mol. The molecule has 6 heteroatoms. The molecule has 0 spiro atoms. The SMILES string of the molecule is CSc1ccccc1NC(=O)COC(=O)/C=C/c1ccccc1F. The molecular formula is C18H16FNO3S. The smallest absolute Gasteiger partial charge is 0.331 e. The van der Waals surface area contributed by atoms with Gasteiger partial charge < -0.3 is 10.1 Å². The quantitative estimate of drug-likeness (QED) is 0.492. The van der Waals surface area contributed by atoms with E-state index in [-0.39, 0.29) is 5.56 Å². The Balaban J connectivity index is 1.85. The zero-order valence-corrected chi connectivity index (χ0v) is 13.8. The average Bonchev–Trinajstić information content (AvgIpc) is 2.59. The van der Waals surface area contributed by atoms with E-state index in [0.717, 1.165) is 11.0 Å². The van der Waals surface area contributed by atoms with Crippen molar-refractivity contribution in [3.05, 3.63) is 66.0 Å². The number of thioether (sulfide) groups is 1. The van der Waals surface area contributed by atoms with E-state index in [4.69, 9.17) is 4.74 Å². The predicted octanol–water partition coefficient (Wildman–Crippen LogP) is 3.74. The molecule has 1 amide bonds. The number of amides is 1. The van der Waals surface area contributed by atoms with Gasteiger partial charge in [0.2, 0.25) is 0 Å². The molecule has 0 aromatic heterocycles. The van der Waals surface area contributed by atoms with Crippen LogP contribution in [0, 0.1) is 5.82 Å². The monoisotopic (exact) mass is 345 g/mol. The molecule has 0 saturated carbocycles. The van der Waals surface area contributed by atoms with Gasteiger partial charge in [-0.2, -0.15) is 0 Å². The first kappa shape index (κ1) is 17.7. The molecule has 124 valence electrons. The molecule has 0 unspecified atom stereocenters. The highest BCUT2D eigenvalue weighted by Crippen LogP contribution is 2.24. The molecule has 0 atom stereocenters. The Morgan fingerprint density at radius 1 is 1.17 bits per heavy atom. The number of carbonyl (C=O) groups is 2. The number of rotatable bonds is 6. The summed E-state index contributed by atoms with van der Waals surface area (Å²) < 4.78 is 18.2. The zero-order valence-electron chi connectivity index (χ0n) is 13.0. The Bertz CT molecular complexity index is 761. The molecule has 0 radical (unpaired) electrons. The van der Waals surface area contributed by atoms with Gasteiger partial charge in [-0.15, -0.1) is 11.8 Å². The Kier molecular flexibility index (Phi) is 6.57. The molecule has 0 aliphatic heterocycles. The number of carbonyl (C=O) groups excluding carboxylic acids is 2. The maximum atomic E-state index is 13.4. The van der Waals surface area contributed by atoms with Crippen molar-refractivity contribution >= 4 is 35.4 Å². The van der Waals surface area contributed by atoms with Crippen LogP contribution in [0.5, 0.6) is 0 Å². The molecule has 0 aliphatic rings. The summed E-state index contributed by atoms with van der Waals surface area (Å²) in [5.41, 5.74) is 0.931. The normalized spacial score (nSPS) is 10.6. The lowest BCUT2D eigenvalue weighted by Gasteiger charge is -2.09. The summed E-state index contributed by atoms with van der Waals surface area (Å²) in [5, 5.41) is 2.68. The van der Waals surface area contributed by atoms with Crippen molar-refractivity contribution in [1.82, 2.24) is 0 Å². The molecule has 0 aliphatic carbocycles. The van der Waals surface area contributed by atoms with Crippen molar-refractivity contribution in [3.8, 4) is 0 Å². The van der Waals surface area contributed by atoms with E-state index in [2.05, 4.69) is 5.32 Å². The third-order valence-corrected chi connectivity index (χ3v) is 3.83. The summed E-state index contributed by atoms with van der Waals surface area (Å²) in [7, 11) is 0. The number of anilines is 1. The highest BCUT2D eigenvalue weighted by Gasteiger charge is 2.08. The summed E-state index contributed by atoms with van der Waals surface area (Å²) in [6.07, 6.45) is 4.29. The minimum absolute atomic E-state index is 0.271. The highest BCUT2D eigenvalue weighted by atomic mass is 32.2. The number of ether oxygens (including phenoxy) is 1. The lowest BCUT2D eigenvalue weighted by atomic mass is 10.2. The first-order valence-corrected chi connectivity index (χ1v) is 8.35. The fourth-order valence-electron chi connectivity index (χ4n) is 1.89. The molecule has 2 aromatic carbocycles. The zero-order chi connectivity index (χ0) is 17.4. The average molecular weight is 345 g/mol. The second-order valence-corrected chi connectivity index (χ2v) is 5.56. The van der Waals surface area contributed by atoms with Crippen molar-refractivity contribution in [2.75, 3.05) is 18.2 Å². The number of halogens is 1. The molecule has 2 aromatic rings. The van der Waals surface area contributed by atoms with Gasteiger partial charge in [0.15, 0.2) is 6.61 Å². The van der Waals surface area contributed by atoms with Crippen molar-refractivity contribution in [1.29, 1.82) is 0 Å². The van der Waals surface area contributed by atoms with E-state index in [1.165, 1.54) is 30.0 Å². The molecule has 24 heavy (non-hydrogen) atoms. The molecule has 0 heterocycles. The maximum absolute atomic E-state index is 13.4. The third kappa shape index (κ3) is 5.24. The molecule has 1 N–H and O–H groups in total. The summed E-state index contributed by atoms with van der Waals surface area (Å²) in [5.74, 6) is -1.59. The number of nitrogens with one attached hydrogen (secondary N) is 1. The van der Waals surface area contributed by atoms with Crippen LogP contribution in [-0.2, 0) is 14.3 Å². The standard InChI is InChI=1S/C18H16FNO3S/c1-24-16-9-5-4-8-15(16)20-17(21)12-23-18(22)11-10-13-6-2-3-7-14(13)19/h2-11H,12H2,1H3,(H,20,21)/b11-10+. The molecule has 2 rings (SSSR count). The highest BCUT2D eigenvalue weighted by molar-refractivity contribution is 7.98. The summed E-state index contributed by atoms with van der Waals surface area (Å²) in [4.78, 5) is 24.3. The molecular weight excluding hydrogens is 329 g/mol. The van der Waals surface area contributed by atoms with Gasteiger partial charge in [-0.05, 0) is 30.5 Å². The lowest BCUT2D eigenvalue weighted by Crippen LogP contribution is -2.20. The second-order valence-electron chi connectivity index (χ2n) is 4.71. The van der Waals surface area contributed by atoms with E-state index in [0.29, 0.717) is 5.69 Å². The number of para-hydroxylation sites is 1. The van der Waals surface area contributed by atoms with Gasteiger partial charge in [0.1, 0.15) is 5.82 Å². The van der Waals surface area contributed by atoms with Crippen molar-refractivity contribution in [2.24, 2.45) is 0 Å². The van der Waals surface area contributed by atoms with Crippen LogP contribution in [0.2, 0.25) is 0 Å². The van der Waals surface area contributed by atoms with E-state index in [1.807, 2.05) is 18.4 Å². The first-order chi connectivity index (χ1) is 11.6. The van der Waals surface area contributed by atoms with Gasteiger partial charge in [0.25, 0.3) is 5.91 Å². The van der Waals surface area contributed by atoms with E-state index >= 15 is 0 Å². The fraction of sp³-hybridized carbons (Fsp3) is 0.111. The molecule has 4 nitrogen and oxygen atoms in total. The van der Waals surface area contributed by atoms with Gasteiger partial charge >= 0.3 is 5.97 Å². The van der Waals surface area contributed by atoms with Gasteiger partial charge in [-0.1, -0.05) is 30.3 Å². The van der Waals surface area contributed by atoms with Crippen LogP contribution in [0.25, 0.3) is 6.08 Å². The topological polar surface area (TPSA) is 55.4 Å². The van der Waals surface area contributed by atoms with Crippen molar-refractivity contribution < 1.29 is 18.7 Å². The number of hydrogen-bond acceptors (Lipinski definition) is 4. The number of hydrogen-bond donors (Lipinski definition) is 1. The second kappa shape index (κ2) is 8.88. The molecule has 0 bridgehead atoms. The molecule has 0 fully saturated rings. The van der Waals surface area contributed by atoms with Crippen molar-refractivity contribution in [2.45, 2.75) is 4.90 Å². The Hall–Kier alpha value is -2.60.